The summed E-state index contributed by atoms with van der Waals surface area (Å²) in [6, 6.07) is 11.8. The van der Waals surface area contributed by atoms with Crippen LogP contribution in [0.3, 0.4) is 0 Å². The number of ether oxygens (including phenoxy) is 1. The monoisotopic (exact) mass is 490 g/mol. The summed E-state index contributed by atoms with van der Waals surface area (Å²) in [5.41, 5.74) is 3.30. The fourth-order valence-electron chi connectivity index (χ4n) is 4.40. The number of hydrogen-bond acceptors (Lipinski definition) is 1. The number of rotatable bonds is 7. The molecule has 7 heteroatoms. The average Bonchev–Trinajstić information content (AvgIpc) is 2.80. The van der Waals surface area contributed by atoms with Crippen molar-refractivity contribution in [3.8, 4) is 16.9 Å². The maximum Gasteiger partial charge on any atom is 0.573 e. The van der Waals surface area contributed by atoms with Crippen molar-refractivity contribution < 1.29 is 31.1 Å². The molecule has 1 aliphatic rings. The van der Waals surface area contributed by atoms with E-state index in [0.29, 0.717) is 24.1 Å². The van der Waals surface area contributed by atoms with Gasteiger partial charge in [0, 0.05) is 0 Å². The molecule has 0 aliphatic heterocycles. The van der Waals surface area contributed by atoms with Crippen LogP contribution in [0.5, 0.6) is 5.75 Å². The molecule has 0 saturated heterocycles. The topological polar surface area (TPSA) is 9.23 Å². The fourth-order valence-corrected chi connectivity index (χ4v) is 4.40. The van der Waals surface area contributed by atoms with Crippen molar-refractivity contribution in [2.24, 2.45) is 0 Å². The number of fused-ring (bicyclic) bond motifs is 1. The lowest BCUT2D eigenvalue weighted by Crippen LogP contribution is -2.18. The lowest BCUT2D eigenvalue weighted by atomic mass is 9.85. The van der Waals surface area contributed by atoms with Gasteiger partial charge in [-0.25, -0.2) is 13.2 Å². The van der Waals surface area contributed by atoms with Crippen molar-refractivity contribution in [1.29, 1.82) is 0 Å². The summed E-state index contributed by atoms with van der Waals surface area (Å²) in [5, 5.41) is 0. The fraction of sp³-hybridized carbons (Fsp3) is 0.286. The Morgan fingerprint density at radius 2 is 1.57 bits per heavy atom. The largest absolute Gasteiger partial charge is 0.573 e. The molecule has 35 heavy (non-hydrogen) atoms. The maximum atomic E-state index is 15.3. The molecule has 0 saturated carbocycles. The maximum absolute atomic E-state index is 15.3. The number of alkyl halides is 3. The Balaban J connectivity index is 1.57. The predicted molar refractivity (Wildman–Crippen MR) is 123 cm³/mol. The molecule has 0 unspecified atom stereocenters. The smallest absolute Gasteiger partial charge is 0.403 e. The van der Waals surface area contributed by atoms with Gasteiger partial charge in [0.25, 0.3) is 0 Å². The minimum Gasteiger partial charge on any atom is -0.403 e. The molecule has 1 aliphatic carbocycles. The highest BCUT2D eigenvalue weighted by Crippen LogP contribution is 2.37. The van der Waals surface area contributed by atoms with Crippen molar-refractivity contribution in [2.45, 2.75) is 51.8 Å². The van der Waals surface area contributed by atoms with E-state index in [9.17, 15) is 22.0 Å². The molecule has 0 aromatic heterocycles. The van der Waals surface area contributed by atoms with Crippen molar-refractivity contribution in [3.63, 3.8) is 0 Å². The minimum atomic E-state index is -5.08. The van der Waals surface area contributed by atoms with Crippen LogP contribution < -0.4 is 4.74 Å². The Morgan fingerprint density at radius 1 is 0.857 bits per heavy atom. The van der Waals surface area contributed by atoms with Gasteiger partial charge in [0.05, 0.1) is 5.56 Å². The molecule has 0 fully saturated rings. The van der Waals surface area contributed by atoms with E-state index in [1.165, 1.54) is 18.1 Å². The van der Waals surface area contributed by atoms with Crippen LogP contribution in [0.1, 0.15) is 48.4 Å². The molecule has 0 N–H and O–H groups in total. The number of unbranched alkanes of at least 4 members (excludes halogenated alkanes) is 2. The first-order valence-corrected chi connectivity index (χ1v) is 11.5. The summed E-state index contributed by atoms with van der Waals surface area (Å²) >= 11 is 0. The lowest BCUT2D eigenvalue weighted by molar-refractivity contribution is -0.275. The summed E-state index contributed by atoms with van der Waals surface area (Å²) in [6.07, 6.45) is 1.86. The second kappa shape index (κ2) is 10.2. The number of halogens is 6. The van der Waals surface area contributed by atoms with Gasteiger partial charge < -0.3 is 4.74 Å². The zero-order valence-corrected chi connectivity index (χ0v) is 19.1. The zero-order valence-electron chi connectivity index (χ0n) is 19.1. The zero-order chi connectivity index (χ0) is 25.2. The van der Waals surface area contributed by atoms with Crippen LogP contribution in [-0.2, 0) is 19.3 Å². The third-order valence-corrected chi connectivity index (χ3v) is 6.19. The van der Waals surface area contributed by atoms with E-state index in [-0.39, 0.29) is 17.5 Å². The van der Waals surface area contributed by atoms with Gasteiger partial charge >= 0.3 is 6.36 Å². The summed E-state index contributed by atoms with van der Waals surface area (Å²) < 4.78 is 85.2. The first-order valence-electron chi connectivity index (χ1n) is 11.5. The number of allylic oxidation sites excluding steroid dienone is 2. The molecular weight excluding hydrogens is 466 g/mol. The van der Waals surface area contributed by atoms with E-state index in [0.717, 1.165) is 36.5 Å². The van der Waals surface area contributed by atoms with Crippen LogP contribution in [0.25, 0.3) is 16.7 Å². The van der Waals surface area contributed by atoms with Crippen LogP contribution in [0.2, 0.25) is 0 Å². The first-order chi connectivity index (χ1) is 16.7. The normalized spacial score (nSPS) is 13.4. The van der Waals surface area contributed by atoms with Crippen molar-refractivity contribution in [3.05, 3.63) is 94.3 Å². The second-order valence-corrected chi connectivity index (χ2v) is 8.64. The summed E-state index contributed by atoms with van der Waals surface area (Å²) in [7, 11) is 0. The van der Waals surface area contributed by atoms with E-state index in [1.807, 2.05) is 18.2 Å². The molecule has 0 radical (unpaired) electrons. The van der Waals surface area contributed by atoms with Crippen molar-refractivity contribution >= 4 is 5.57 Å². The average molecular weight is 490 g/mol. The first kappa shape index (κ1) is 24.9. The minimum absolute atomic E-state index is 0.205. The van der Waals surface area contributed by atoms with Crippen molar-refractivity contribution in [1.82, 2.24) is 0 Å². The third kappa shape index (κ3) is 5.72. The van der Waals surface area contributed by atoms with E-state index >= 15 is 4.39 Å². The van der Waals surface area contributed by atoms with Gasteiger partial charge in [-0.05, 0) is 77.3 Å². The lowest BCUT2D eigenvalue weighted by Gasteiger charge is -2.21. The van der Waals surface area contributed by atoms with Crippen LogP contribution in [-0.4, -0.2) is 6.36 Å². The van der Waals surface area contributed by atoms with Gasteiger partial charge in [-0.3, -0.25) is 0 Å². The van der Waals surface area contributed by atoms with E-state index in [1.54, 1.807) is 0 Å². The molecule has 0 atom stereocenters. The van der Waals surface area contributed by atoms with Gasteiger partial charge in [0.15, 0.2) is 11.6 Å². The van der Waals surface area contributed by atoms with Crippen LogP contribution in [0.15, 0.2) is 54.6 Å². The van der Waals surface area contributed by atoms with E-state index in [2.05, 4.69) is 23.8 Å². The SMILES string of the molecule is CCCCCc1ccc(C2=CCc3c(cc(F)c(-c4ccc(OC(F)(F)F)c(F)c4)c3F)C2)cc1. The quantitative estimate of drug-likeness (QED) is 0.238. The number of benzene rings is 3. The van der Waals surface area contributed by atoms with Gasteiger partial charge in [0.2, 0.25) is 0 Å². The van der Waals surface area contributed by atoms with E-state index in [4.69, 9.17) is 0 Å². The predicted octanol–water partition coefficient (Wildman–Crippen LogP) is 8.58. The summed E-state index contributed by atoms with van der Waals surface area (Å²) in [4.78, 5) is 0. The van der Waals surface area contributed by atoms with Gasteiger partial charge in [0.1, 0.15) is 11.6 Å². The highest BCUT2D eigenvalue weighted by Gasteiger charge is 2.32. The standard InChI is InChI=1S/C28H24F6O/c1-2-3-4-5-17-6-8-18(9-7-17)19-10-12-22-21(14-19)16-24(30)26(27(22)31)20-11-13-25(23(29)15-20)35-28(32,33)34/h6-11,13,15-16H,2-5,12,14H2,1H3. The molecule has 0 heterocycles. The second-order valence-electron chi connectivity index (χ2n) is 8.64. The Morgan fingerprint density at radius 3 is 2.23 bits per heavy atom. The Hall–Kier alpha value is -3.22. The molecule has 3 aromatic carbocycles. The Bertz CT molecular complexity index is 1240. The van der Waals surface area contributed by atoms with Crippen LogP contribution in [0.4, 0.5) is 26.3 Å². The number of hydrogen-bond donors (Lipinski definition) is 0. The molecule has 184 valence electrons. The van der Waals surface area contributed by atoms with Crippen LogP contribution in [0, 0.1) is 17.5 Å². The molecule has 1 nitrogen and oxygen atoms in total. The van der Waals surface area contributed by atoms with Gasteiger partial charge in [-0.2, -0.15) is 0 Å². The Labute approximate surface area is 200 Å². The van der Waals surface area contributed by atoms with Crippen LogP contribution >= 0.6 is 0 Å². The number of aryl methyl sites for hydroxylation is 1. The highest BCUT2D eigenvalue weighted by atomic mass is 19.4. The summed E-state index contributed by atoms with van der Waals surface area (Å²) in [5.74, 6) is -4.18. The molecule has 3 aromatic rings. The molecule has 0 amide bonds. The third-order valence-electron chi connectivity index (χ3n) is 6.19. The van der Waals surface area contributed by atoms with Gasteiger partial charge in [-0.15, -0.1) is 13.2 Å². The van der Waals surface area contributed by atoms with E-state index < -0.39 is 35.1 Å². The van der Waals surface area contributed by atoms with Gasteiger partial charge in [-0.1, -0.05) is 56.2 Å². The highest BCUT2D eigenvalue weighted by molar-refractivity contribution is 5.74. The Kier molecular flexibility index (Phi) is 7.24. The summed E-state index contributed by atoms with van der Waals surface area (Å²) in [6.45, 7) is 2.16. The molecule has 0 bridgehead atoms. The molecule has 4 rings (SSSR count). The molecular formula is C28H24F6O. The van der Waals surface area contributed by atoms with Crippen molar-refractivity contribution in [2.75, 3.05) is 0 Å². The molecule has 0 spiro atoms.